The number of aliphatic hydroxyl groups is 1. The van der Waals surface area contributed by atoms with Crippen LogP contribution in [0.5, 0.6) is 0 Å². The summed E-state index contributed by atoms with van der Waals surface area (Å²) in [5, 5.41) is 10.2. The molecule has 0 saturated carbocycles. The SMILES string of the molecule is CC(C)C1(O)CN(C(=O)Cc2ccc3c(c2)CCCC3)C1. The predicted molar refractivity (Wildman–Crippen MR) is 83.2 cm³/mol. The van der Waals surface area contributed by atoms with Crippen molar-refractivity contribution in [2.24, 2.45) is 5.92 Å². The Bertz CT molecular complexity index is 544. The molecule has 2 aliphatic rings. The molecule has 114 valence electrons. The number of aryl methyl sites for hydroxylation is 2. The first-order chi connectivity index (χ1) is 9.98. The molecule has 3 rings (SSSR count). The Morgan fingerprint density at radius 2 is 1.90 bits per heavy atom. The van der Waals surface area contributed by atoms with Gasteiger partial charge in [0.05, 0.1) is 19.5 Å². The Hall–Kier alpha value is -1.35. The van der Waals surface area contributed by atoms with Gasteiger partial charge in [-0.15, -0.1) is 0 Å². The van der Waals surface area contributed by atoms with Crippen LogP contribution in [-0.4, -0.2) is 34.6 Å². The molecular formula is C18H25NO2. The quantitative estimate of drug-likeness (QED) is 0.927. The number of amides is 1. The minimum absolute atomic E-state index is 0.135. The van der Waals surface area contributed by atoms with E-state index in [0.717, 1.165) is 12.0 Å². The van der Waals surface area contributed by atoms with E-state index in [-0.39, 0.29) is 11.8 Å². The van der Waals surface area contributed by atoms with Crippen LogP contribution >= 0.6 is 0 Å². The van der Waals surface area contributed by atoms with Crippen LogP contribution in [0.2, 0.25) is 0 Å². The maximum absolute atomic E-state index is 12.3. The zero-order chi connectivity index (χ0) is 15.0. The monoisotopic (exact) mass is 287 g/mol. The fraction of sp³-hybridized carbons (Fsp3) is 0.611. The summed E-state index contributed by atoms with van der Waals surface area (Å²) in [6.45, 7) is 4.97. The largest absolute Gasteiger partial charge is 0.386 e. The molecule has 1 saturated heterocycles. The molecule has 0 radical (unpaired) electrons. The van der Waals surface area contributed by atoms with Crippen molar-refractivity contribution in [3.8, 4) is 0 Å². The van der Waals surface area contributed by atoms with Crippen molar-refractivity contribution in [2.45, 2.75) is 51.6 Å². The lowest BCUT2D eigenvalue weighted by Crippen LogP contribution is -2.66. The molecule has 0 aromatic heterocycles. The first-order valence-electron chi connectivity index (χ1n) is 8.09. The highest BCUT2D eigenvalue weighted by Gasteiger charge is 2.45. The van der Waals surface area contributed by atoms with Gasteiger partial charge in [-0.05, 0) is 48.3 Å². The van der Waals surface area contributed by atoms with Crippen molar-refractivity contribution >= 4 is 5.91 Å². The van der Waals surface area contributed by atoms with Crippen molar-refractivity contribution in [1.82, 2.24) is 4.90 Å². The van der Waals surface area contributed by atoms with E-state index in [1.807, 2.05) is 13.8 Å². The second-order valence-corrected chi connectivity index (χ2v) is 7.00. The highest BCUT2D eigenvalue weighted by Crippen LogP contribution is 2.29. The van der Waals surface area contributed by atoms with Gasteiger partial charge in [0.2, 0.25) is 5.91 Å². The van der Waals surface area contributed by atoms with Crippen molar-refractivity contribution in [1.29, 1.82) is 0 Å². The van der Waals surface area contributed by atoms with Gasteiger partial charge in [0.1, 0.15) is 5.60 Å². The summed E-state index contributed by atoms with van der Waals surface area (Å²) in [4.78, 5) is 14.1. The number of carbonyl (C=O) groups is 1. The van der Waals surface area contributed by atoms with Crippen LogP contribution in [0.1, 0.15) is 43.4 Å². The van der Waals surface area contributed by atoms with Gasteiger partial charge in [0, 0.05) is 0 Å². The molecule has 1 N–H and O–H groups in total. The van der Waals surface area contributed by atoms with E-state index in [9.17, 15) is 9.90 Å². The Morgan fingerprint density at radius 1 is 1.24 bits per heavy atom. The maximum Gasteiger partial charge on any atom is 0.227 e. The Labute approximate surface area is 127 Å². The maximum atomic E-state index is 12.3. The van der Waals surface area contributed by atoms with Crippen LogP contribution in [0.3, 0.4) is 0 Å². The molecular weight excluding hydrogens is 262 g/mol. The van der Waals surface area contributed by atoms with E-state index in [4.69, 9.17) is 0 Å². The molecule has 21 heavy (non-hydrogen) atoms. The van der Waals surface area contributed by atoms with E-state index in [1.54, 1.807) is 4.90 Å². The number of rotatable bonds is 3. The Kier molecular flexibility index (Phi) is 3.78. The zero-order valence-electron chi connectivity index (χ0n) is 13.1. The third-order valence-corrected chi connectivity index (χ3v) is 5.12. The molecule has 1 fully saturated rings. The van der Waals surface area contributed by atoms with Crippen LogP contribution in [0, 0.1) is 5.92 Å². The first kappa shape index (κ1) is 14.6. The number of fused-ring (bicyclic) bond motifs is 1. The standard InChI is InChI=1S/C18H25NO2/c1-13(2)18(21)11-19(12-18)17(20)10-14-7-8-15-5-3-4-6-16(15)9-14/h7-9,13,21H,3-6,10-12H2,1-2H3. The lowest BCUT2D eigenvalue weighted by Gasteiger charge is -2.49. The van der Waals surface area contributed by atoms with Crippen LogP contribution in [-0.2, 0) is 24.1 Å². The summed E-state index contributed by atoms with van der Waals surface area (Å²) < 4.78 is 0. The molecule has 0 spiro atoms. The number of hydrogen-bond acceptors (Lipinski definition) is 2. The third kappa shape index (κ3) is 2.84. The molecule has 1 amide bonds. The highest BCUT2D eigenvalue weighted by molar-refractivity contribution is 5.80. The second-order valence-electron chi connectivity index (χ2n) is 7.00. The molecule has 1 aliphatic heterocycles. The van der Waals surface area contributed by atoms with Gasteiger partial charge in [-0.2, -0.15) is 0 Å². The highest BCUT2D eigenvalue weighted by atomic mass is 16.3. The van der Waals surface area contributed by atoms with Crippen molar-refractivity contribution in [3.63, 3.8) is 0 Å². The number of nitrogens with zero attached hydrogens (tertiary/aromatic N) is 1. The summed E-state index contributed by atoms with van der Waals surface area (Å²) in [5.74, 6) is 0.335. The normalized spacial score (nSPS) is 20.1. The summed E-state index contributed by atoms with van der Waals surface area (Å²) in [6.07, 6.45) is 5.33. The summed E-state index contributed by atoms with van der Waals surface area (Å²) in [5.41, 5.74) is 3.32. The fourth-order valence-corrected chi connectivity index (χ4v) is 3.34. The van der Waals surface area contributed by atoms with Gasteiger partial charge < -0.3 is 10.0 Å². The zero-order valence-corrected chi connectivity index (χ0v) is 13.1. The summed E-state index contributed by atoms with van der Waals surface area (Å²) in [6, 6.07) is 6.50. The van der Waals surface area contributed by atoms with E-state index in [0.29, 0.717) is 19.5 Å². The van der Waals surface area contributed by atoms with Gasteiger partial charge in [-0.3, -0.25) is 4.79 Å². The minimum Gasteiger partial charge on any atom is -0.386 e. The fourth-order valence-electron chi connectivity index (χ4n) is 3.34. The molecule has 1 aromatic carbocycles. The molecule has 0 bridgehead atoms. The molecule has 1 heterocycles. The number of β-amino-alcohol motifs (C(OH)–C–C–N with tert-alkyl or cyclic N) is 1. The van der Waals surface area contributed by atoms with Crippen molar-refractivity contribution in [2.75, 3.05) is 13.1 Å². The van der Waals surface area contributed by atoms with Gasteiger partial charge in [-0.1, -0.05) is 32.0 Å². The van der Waals surface area contributed by atoms with Gasteiger partial charge in [0.15, 0.2) is 0 Å². The smallest absolute Gasteiger partial charge is 0.227 e. The predicted octanol–water partition coefficient (Wildman–Crippen LogP) is 2.34. The van der Waals surface area contributed by atoms with Crippen LogP contribution < -0.4 is 0 Å². The topological polar surface area (TPSA) is 40.5 Å². The Balaban J connectivity index is 1.61. The number of benzene rings is 1. The molecule has 0 unspecified atom stereocenters. The average molecular weight is 287 g/mol. The molecule has 0 atom stereocenters. The Morgan fingerprint density at radius 3 is 2.57 bits per heavy atom. The van der Waals surface area contributed by atoms with Crippen LogP contribution in [0.4, 0.5) is 0 Å². The molecule has 3 heteroatoms. The first-order valence-corrected chi connectivity index (χ1v) is 8.09. The van der Waals surface area contributed by atoms with Gasteiger partial charge >= 0.3 is 0 Å². The molecule has 3 nitrogen and oxygen atoms in total. The van der Waals surface area contributed by atoms with E-state index in [1.165, 1.54) is 30.4 Å². The van der Waals surface area contributed by atoms with Crippen molar-refractivity contribution in [3.05, 3.63) is 34.9 Å². The van der Waals surface area contributed by atoms with E-state index < -0.39 is 5.60 Å². The molecule has 1 aromatic rings. The van der Waals surface area contributed by atoms with Gasteiger partial charge in [-0.25, -0.2) is 0 Å². The van der Waals surface area contributed by atoms with Gasteiger partial charge in [0.25, 0.3) is 0 Å². The lowest BCUT2D eigenvalue weighted by molar-refractivity contribution is -0.163. The number of likely N-dealkylation sites (tertiary alicyclic amines) is 1. The third-order valence-electron chi connectivity index (χ3n) is 5.12. The van der Waals surface area contributed by atoms with E-state index >= 15 is 0 Å². The average Bonchev–Trinajstić information content (AvgIpc) is 2.43. The molecule has 1 aliphatic carbocycles. The summed E-state index contributed by atoms with van der Waals surface area (Å²) in [7, 11) is 0. The second kappa shape index (κ2) is 5.45. The number of hydrogen-bond donors (Lipinski definition) is 1. The van der Waals surface area contributed by atoms with E-state index in [2.05, 4.69) is 18.2 Å². The lowest BCUT2D eigenvalue weighted by atomic mass is 9.82. The van der Waals surface area contributed by atoms with Crippen molar-refractivity contribution < 1.29 is 9.90 Å². The summed E-state index contributed by atoms with van der Waals surface area (Å²) >= 11 is 0. The van der Waals surface area contributed by atoms with Crippen LogP contribution in [0.25, 0.3) is 0 Å². The van der Waals surface area contributed by atoms with Crippen LogP contribution in [0.15, 0.2) is 18.2 Å². The minimum atomic E-state index is -0.675. The number of carbonyl (C=O) groups excluding carboxylic acids is 1.